The van der Waals surface area contributed by atoms with Crippen LogP contribution in [0.25, 0.3) is 0 Å². The Morgan fingerprint density at radius 3 is 2.78 bits per heavy atom. The fraction of sp³-hybridized carbons (Fsp3) is 0.286. The molecule has 0 aliphatic carbocycles. The number of hydrogen-bond acceptors (Lipinski definition) is 2. The SMILES string of the molecule is CNc1c[c]cc(C)n1. The second-order valence-electron chi connectivity index (χ2n) is 1.84. The van der Waals surface area contributed by atoms with Gasteiger partial charge >= 0.3 is 0 Å². The lowest BCUT2D eigenvalue weighted by Gasteiger charge is -1.96. The van der Waals surface area contributed by atoms with E-state index in [0.29, 0.717) is 0 Å². The fourth-order valence-electron chi connectivity index (χ4n) is 0.624. The summed E-state index contributed by atoms with van der Waals surface area (Å²) < 4.78 is 0. The van der Waals surface area contributed by atoms with Gasteiger partial charge in [0.05, 0.1) is 0 Å². The Labute approximate surface area is 54.9 Å². The van der Waals surface area contributed by atoms with Crippen LogP contribution in [0, 0.1) is 13.0 Å². The molecule has 0 bridgehead atoms. The van der Waals surface area contributed by atoms with Crippen LogP contribution in [-0.2, 0) is 0 Å². The maximum atomic E-state index is 4.15. The summed E-state index contributed by atoms with van der Waals surface area (Å²) >= 11 is 0. The predicted molar refractivity (Wildman–Crippen MR) is 37.4 cm³/mol. The lowest BCUT2D eigenvalue weighted by molar-refractivity contribution is 1.19. The molecule has 0 aromatic carbocycles. The highest BCUT2D eigenvalue weighted by Crippen LogP contribution is 2.00. The molecular weight excluding hydrogens is 112 g/mol. The number of hydrogen-bond donors (Lipinski definition) is 1. The molecular formula is C7H9N2. The van der Waals surface area contributed by atoms with Crippen molar-refractivity contribution in [2.24, 2.45) is 0 Å². The Bertz CT molecular complexity index is 196. The molecule has 1 rings (SSSR count). The Hall–Kier alpha value is -1.05. The zero-order valence-corrected chi connectivity index (χ0v) is 5.60. The molecule has 1 aromatic rings. The lowest BCUT2D eigenvalue weighted by atomic mass is 10.4. The van der Waals surface area contributed by atoms with Crippen LogP contribution < -0.4 is 5.32 Å². The van der Waals surface area contributed by atoms with Crippen molar-refractivity contribution in [3.05, 3.63) is 23.9 Å². The number of rotatable bonds is 1. The topological polar surface area (TPSA) is 24.9 Å². The maximum Gasteiger partial charge on any atom is 0.126 e. The van der Waals surface area contributed by atoms with E-state index in [4.69, 9.17) is 0 Å². The second-order valence-corrected chi connectivity index (χ2v) is 1.84. The molecule has 0 saturated carbocycles. The van der Waals surface area contributed by atoms with Crippen molar-refractivity contribution in [2.45, 2.75) is 6.92 Å². The van der Waals surface area contributed by atoms with E-state index in [9.17, 15) is 0 Å². The number of aromatic nitrogens is 1. The molecule has 2 nitrogen and oxygen atoms in total. The largest absolute Gasteiger partial charge is 0.373 e. The molecule has 1 radical (unpaired) electrons. The number of nitrogens with zero attached hydrogens (tertiary/aromatic N) is 1. The molecule has 0 aliphatic heterocycles. The molecule has 0 unspecified atom stereocenters. The highest BCUT2D eigenvalue weighted by Gasteiger charge is 1.86. The van der Waals surface area contributed by atoms with Crippen molar-refractivity contribution < 1.29 is 0 Å². The van der Waals surface area contributed by atoms with Gasteiger partial charge < -0.3 is 5.32 Å². The summed E-state index contributed by atoms with van der Waals surface area (Å²) in [5.74, 6) is 0.870. The molecule has 2 heteroatoms. The Balaban J connectivity index is 2.94. The van der Waals surface area contributed by atoms with Gasteiger partial charge in [-0.3, -0.25) is 0 Å². The lowest BCUT2D eigenvalue weighted by Crippen LogP contribution is -1.92. The third kappa shape index (κ3) is 1.42. The number of pyridine rings is 1. The van der Waals surface area contributed by atoms with Gasteiger partial charge in [-0.15, -0.1) is 0 Å². The first-order chi connectivity index (χ1) is 4.33. The normalized spacial score (nSPS) is 9.11. The van der Waals surface area contributed by atoms with Crippen LogP contribution in [0.2, 0.25) is 0 Å². The van der Waals surface area contributed by atoms with Crippen molar-refractivity contribution in [2.75, 3.05) is 12.4 Å². The minimum Gasteiger partial charge on any atom is -0.373 e. The third-order valence-electron chi connectivity index (χ3n) is 1.07. The Morgan fingerprint density at radius 2 is 2.33 bits per heavy atom. The molecule has 1 heterocycles. The van der Waals surface area contributed by atoms with Gasteiger partial charge in [0.15, 0.2) is 0 Å². The van der Waals surface area contributed by atoms with E-state index in [-0.39, 0.29) is 0 Å². The minimum absolute atomic E-state index is 0.870. The molecule has 9 heavy (non-hydrogen) atoms. The fourth-order valence-corrected chi connectivity index (χ4v) is 0.624. The number of aryl methyl sites for hydroxylation is 1. The third-order valence-corrected chi connectivity index (χ3v) is 1.07. The molecule has 0 atom stereocenters. The van der Waals surface area contributed by atoms with E-state index in [1.165, 1.54) is 0 Å². The van der Waals surface area contributed by atoms with E-state index in [1.54, 1.807) is 0 Å². The highest BCUT2D eigenvalue weighted by molar-refractivity contribution is 5.33. The molecule has 0 amide bonds. The summed E-state index contributed by atoms with van der Waals surface area (Å²) in [7, 11) is 1.84. The summed E-state index contributed by atoms with van der Waals surface area (Å²) in [6.07, 6.45) is 0. The standard InChI is InChI=1S/C7H9N2/c1-6-4-3-5-7(8-2)9-6/h4-5H,1-2H3,(H,8,9). The quantitative estimate of drug-likeness (QED) is 0.604. The van der Waals surface area contributed by atoms with Gasteiger partial charge in [0.2, 0.25) is 0 Å². The van der Waals surface area contributed by atoms with Crippen LogP contribution in [0.3, 0.4) is 0 Å². The van der Waals surface area contributed by atoms with Crippen molar-refractivity contribution in [1.82, 2.24) is 4.98 Å². The van der Waals surface area contributed by atoms with Crippen molar-refractivity contribution in [3.8, 4) is 0 Å². The van der Waals surface area contributed by atoms with E-state index < -0.39 is 0 Å². The first-order valence-corrected chi connectivity index (χ1v) is 2.85. The molecule has 47 valence electrons. The van der Waals surface area contributed by atoms with Crippen LogP contribution in [0.5, 0.6) is 0 Å². The Morgan fingerprint density at radius 1 is 1.56 bits per heavy atom. The summed E-state index contributed by atoms with van der Waals surface area (Å²) in [5, 5.41) is 2.93. The van der Waals surface area contributed by atoms with Crippen LogP contribution >= 0.6 is 0 Å². The molecule has 1 N–H and O–H groups in total. The van der Waals surface area contributed by atoms with Gasteiger partial charge in [-0.25, -0.2) is 4.98 Å². The van der Waals surface area contributed by atoms with Gasteiger partial charge in [-0.2, -0.15) is 0 Å². The zero-order chi connectivity index (χ0) is 6.69. The van der Waals surface area contributed by atoms with Crippen molar-refractivity contribution in [3.63, 3.8) is 0 Å². The van der Waals surface area contributed by atoms with Crippen molar-refractivity contribution >= 4 is 5.82 Å². The van der Waals surface area contributed by atoms with Gasteiger partial charge in [-0.05, 0) is 25.1 Å². The van der Waals surface area contributed by atoms with E-state index in [2.05, 4.69) is 16.4 Å². The molecule has 0 aliphatic rings. The average molecular weight is 121 g/mol. The van der Waals surface area contributed by atoms with Gasteiger partial charge in [0.25, 0.3) is 0 Å². The highest BCUT2D eigenvalue weighted by atomic mass is 15.0. The smallest absolute Gasteiger partial charge is 0.126 e. The first-order valence-electron chi connectivity index (χ1n) is 2.85. The maximum absolute atomic E-state index is 4.15. The van der Waals surface area contributed by atoms with Gasteiger partial charge in [0.1, 0.15) is 5.82 Å². The zero-order valence-electron chi connectivity index (χ0n) is 5.60. The summed E-state index contributed by atoms with van der Waals surface area (Å²) in [6, 6.07) is 6.62. The second kappa shape index (κ2) is 2.49. The minimum atomic E-state index is 0.870. The Kier molecular flexibility index (Phi) is 1.68. The van der Waals surface area contributed by atoms with Crippen molar-refractivity contribution in [1.29, 1.82) is 0 Å². The molecule has 1 aromatic heterocycles. The molecule has 0 fully saturated rings. The van der Waals surface area contributed by atoms with Gasteiger partial charge in [0, 0.05) is 12.7 Å². The first kappa shape index (κ1) is 6.08. The van der Waals surface area contributed by atoms with E-state index in [0.717, 1.165) is 11.5 Å². The van der Waals surface area contributed by atoms with Crippen LogP contribution in [0.1, 0.15) is 5.69 Å². The van der Waals surface area contributed by atoms with E-state index >= 15 is 0 Å². The summed E-state index contributed by atoms with van der Waals surface area (Å²) in [5.41, 5.74) is 0.988. The molecule has 0 saturated heterocycles. The van der Waals surface area contributed by atoms with E-state index in [1.807, 2.05) is 26.1 Å². The van der Waals surface area contributed by atoms with Crippen LogP contribution in [0.4, 0.5) is 5.82 Å². The summed E-state index contributed by atoms with van der Waals surface area (Å²) in [6.45, 7) is 1.94. The number of anilines is 1. The van der Waals surface area contributed by atoms with Gasteiger partial charge in [-0.1, -0.05) is 0 Å². The van der Waals surface area contributed by atoms with Crippen LogP contribution in [0.15, 0.2) is 12.1 Å². The molecule has 0 spiro atoms. The number of nitrogens with one attached hydrogen (secondary N) is 1. The predicted octanol–water partition coefficient (Wildman–Crippen LogP) is 1.23. The summed E-state index contributed by atoms with van der Waals surface area (Å²) in [4.78, 5) is 4.15. The average Bonchev–Trinajstić information content (AvgIpc) is 1.88. The van der Waals surface area contributed by atoms with Crippen LogP contribution in [-0.4, -0.2) is 12.0 Å². The monoisotopic (exact) mass is 121 g/mol.